The van der Waals surface area contributed by atoms with Gasteiger partial charge in [-0.2, -0.15) is 10.2 Å². The Bertz CT molecular complexity index is 1050. The van der Waals surface area contributed by atoms with E-state index < -0.39 is 11.9 Å². The van der Waals surface area contributed by atoms with E-state index in [0.29, 0.717) is 36.2 Å². The number of rotatable bonds is 5. The molecule has 1 aromatic heterocycles. The average molecular weight is 453 g/mol. The standard InChI is InChI=1S/C24H29FN6O2/c1-15-14-33-21(23(32)28-18-6-4-3-5-7-18)13-31(15)22-11-20(29-24(27-2)30-22)16-8-9-17(12-26)19(25)10-16/h8-11,15,18,21H,3-7,13-14H2,1-2H3,(H,28,32)(H,27,29,30). The van der Waals surface area contributed by atoms with Gasteiger partial charge in [0.25, 0.3) is 5.91 Å². The van der Waals surface area contributed by atoms with Crippen LogP contribution in [0.5, 0.6) is 0 Å². The van der Waals surface area contributed by atoms with Crippen LogP contribution in [0.15, 0.2) is 24.3 Å². The molecule has 9 heteroatoms. The van der Waals surface area contributed by atoms with Gasteiger partial charge in [-0.05, 0) is 31.9 Å². The van der Waals surface area contributed by atoms with Crippen molar-refractivity contribution in [1.29, 1.82) is 5.26 Å². The van der Waals surface area contributed by atoms with Crippen LogP contribution in [-0.2, 0) is 9.53 Å². The number of carbonyl (C=O) groups excluding carboxylic acids is 1. The van der Waals surface area contributed by atoms with Crippen molar-refractivity contribution in [3.05, 3.63) is 35.6 Å². The number of hydrogen-bond acceptors (Lipinski definition) is 7. The fourth-order valence-corrected chi connectivity index (χ4v) is 4.38. The van der Waals surface area contributed by atoms with Gasteiger partial charge in [-0.3, -0.25) is 4.79 Å². The van der Waals surface area contributed by atoms with E-state index in [-0.39, 0.29) is 23.6 Å². The number of nitrogens with one attached hydrogen (secondary N) is 2. The highest BCUT2D eigenvalue weighted by Gasteiger charge is 2.33. The van der Waals surface area contributed by atoms with Gasteiger partial charge in [-0.15, -0.1) is 0 Å². The minimum absolute atomic E-state index is 0.00566. The highest BCUT2D eigenvalue weighted by Crippen LogP contribution is 2.28. The van der Waals surface area contributed by atoms with Crippen molar-refractivity contribution >= 4 is 17.7 Å². The highest BCUT2D eigenvalue weighted by atomic mass is 19.1. The summed E-state index contributed by atoms with van der Waals surface area (Å²) >= 11 is 0. The Morgan fingerprint density at radius 3 is 2.73 bits per heavy atom. The van der Waals surface area contributed by atoms with Crippen LogP contribution in [0.4, 0.5) is 16.2 Å². The third-order valence-corrected chi connectivity index (χ3v) is 6.29. The second-order valence-electron chi connectivity index (χ2n) is 8.66. The number of hydrogen-bond donors (Lipinski definition) is 2. The van der Waals surface area contributed by atoms with Gasteiger partial charge in [0.15, 0.2) is 6.10 Å². The van der Waals surface area contributed by atoms with Gasteiger partial charge in [-0.1, -0.05) is 25.3 Å². The van der Waals surface area contributed by atoms with Crippen molar-refractivity contribution in [2.24, 2.45) is 0 Å². The molecule has 2 fully saturated rings. The van der Waals surface area contributed by atoms with E-state index >= 15 is 0 Å². The number of benzene rings is 1. The van der Waals surface area contributed by atoms with Gasteiger partial charge in [0.2, 0.25) is 5.95 Å². The minimum Gasteiger partial charge on any atom is -0.364 e. The quantitative estimate of drug-likeness (QED) is 0.718. The van der Waals surface area contributed by atoms with Crippen molar-refractivity contribution in [1.82, 2.24) is 15.3 Å². The third-order valence-electron chi connectivity index (χ3n) is 6.29. The molecule has 2 aromatic rings. The Morgan fingerprint density at radius 1 is 1.24 bits per heavy atom. The monoisotopic (exact) mass is 452 g/mol. The van der Waals surface area contributed by atoms with Gasteiger partial charge in [0, 0.05) is 24.7 Å². The molecule has 1 aliphatic heterocycles. The van der Waals surface area contributed by atoms with Crippen LogP contribution >= 0.6 is 0 Å². The zero-order valence-corrected chi connectivity index (χ0v) is 19.0. The zero-order chi connectivity index (χ0) is 23.4. The van der Waals surface area contributed by atoms with E-state index in [4.69, 9.17) is 10.00 Å². The van der Waals surface area contributed by atoms with Crippen LogP contribution in [0, 0.1) is 17.1 Å². The lowest BCUT2D eigenvalue weighted by Crippen LogP contribution is -2.55. The zero-order valence-electron chi connectivity index (χ0n) is 19.0. The minimum atomic E-state index is -0.597. The Labute approximate surface area is 193 Å². The van der Waals surface area contributed by atoms with Gasteiger partial charge < -0.3 is 20.3 Å². The first kappa shape index (κ1) is 22.9. The Balaban J connectivity index is 1.57. The summed E-state index contributed by atoms with van der Waals surface area (Å²) < 4.78 is 20.1. The molecule has 1 aliphatic carbocycles. The molecule has 2 heterocycles. The number of nitriles is 1. The number of anilines is 2. The highest BCUT2D eigenvalue weighted by molar-refractivity contribution is 5.82. The smallest absolute Gasteiger partial charge is 0.251 e. The van der Waals surface area contributed by atoms with Crippen LogP contribution in [0.3, 0.4) is 0 Å². The number of amides is 1. The molecule has 2 atom stereocenters. The maximum atomic E-state index is 14.2. The molecule has 33 heavy (non-hydrogen) atoms. The average Bonchev–Trinajstić information content (AvgIpc) is 2.84. The molecular formula is C24H29FN6O2. The van der Waals surface area contributed by atoms with Gasteiger partial charge in [0.05, 0.1) is 30.5 Å². The van der Waals surface area contributed by atoms with Crippen LogP contribution < -0.4 is 15.5 Å². The van der Waals surface area contributed by atoms with Crippen molar-refractivity contribution in [2.75, 3.05) is 30.4 Å². The molecule has 1 amide bonds. The molecule has 2 unspecified atom stereocenters. The van der Waals surface area contributed by atoms with Crippen molar-refractivity contribution < 1.29 is 13.9 Å². The first-order chi connectivity index (χ1) is 16.0. The molecule has 4 rings (SSSR count). The molecular weight excluding hydrogens is 423 g/mol. The fraction of sp³-hybridized carbons (Fsp3) is 0.500. The SMILES string of the molecule is CNc1nc(-c2ccc(C#N)c(F)c2)cc(N2CC(C(=O)NC3CCCCC3)OCC2C)n1. The molecule has 1 saturated carbocycles. The second kappa shape index (κ2) is 10.1. The van der Waals surface area contributed by atoms with Crippen LogP contribution in [0.2, 0.25) is 0 Å². The van der Waals surface area contributed by atoms with E-state index in [1.54, 1.807) is 19.2 Å². The predicted octanol–water partition coefficient (Wildman–Crippen LogP) is 3.24. The molecule has 2 N–H and O–H groups in total. The van der Waals surface area contributed by atoms with Crippen LogP contribution in [0.25, 0.3) is 11.3 Å². The summed E-state index contributed by atoms with van der Waals surface area (Å²) in [6, 6.07) is 8.22. The lowest BCUT2D eigenvalue weighted by atomic mass is 9.95. The Hall–Kier alpha value is -3.25. The molecule has 0 bridgehead atoms. The molecule has 0 radical (unpaired) electrons. The van der Waals surface area contributed by atoms with Gasteiger partial charge in [0.1, 0.15) is 17.7 Å². The predicted molar refractivity (Wildman–Crippen MR) is 123 cm³/mol. The second-order valence-corrected chi connectivity index (χ2v) is 8.66. The van der Waals surface area contributed by atoms with Gasteiger partial charge in [-0.25, -0.2) is 9.37 Å². The van der Waals surface area contributed by atoms with Crippen molar-refractivity contribution in [3.63, 3.8) is 0 Å². The molecule has 8 nitrogen and oxygen atoms in total. The molecule has 2 aliphatic rings. The van der Waals surface area contributed by atoms with E-state index in [2.05, 4.69) is 20.6 Å². The largest absolute Gasteiger partial charge is 0.364 e. The molecule has 0 spiro atoms. The van der Waals surface area contributed by atoms with Gasteiger partial charge >= 0.3 is 0 Å². The fourth-order valence-electron chi connectivity index (χ4n) is 4.38. The molecule has 1 saturated heterocycles. The summed E-state index contributed by atoms with van der Waals surface area (Å²) in [5.74, 6) is 0.325. The summed E-state index contributed by atoms with van der Waals surface area (Å²) in [6.45, 7) is 2.76. The van der Waals surface area contributed by atoms with Crippen LogP contribution in [-0.4, -0.2) is 54.3 Å². The number of halogens is 1. The Morgan fingerprint density at radius 2 is 2.03 bits per heavy atom. The summed E-state index contributed by atoms with van der Waals surface area (Å²) in [4.78, 5) is 24.0. The number of ether oxygens (including phenoxy) is 1. The number of carbonyl (C=O) groups is 1. The molecule has 1 aromatic carbocycles. The topological polar surface area (TPSA) is 103 Å². The Kier molecular flexibility index (Phi) is 7.04. The number of nitrogens with zero attached hydrogens (tertiary/aromatic N) is 4. The van der Waals surface area contributed by atoms with Crippen molar-refractivity contribution in [3.8, 4) is 17.3 Å². The normalized spacial score (nSPS) is 21.3. The lowest BCUT2D eigenvalue weighted by Gasteiger charge is -2.39. The van der Waals surface area contributed by atoms with E-state index in [9.17, 15) is 9.18 Å². The molecule has 174 valence electrons. The van der Waals surface area contributed by atoms with Crippen LogP contribution in [0.1, 0.15) is 44.6 Å². The lowest BCUT2D eigenvalue weighted by molar-refractivity contribution is -0.135. The van der Waals surface area contributed by atoms with E-state index in [1.807, 2.05) is 17.9 Å². The number of aromatic nitrogens is 2. The number of morpholine rings is 1. The maximum Gasteiger partial charge on any atom is 0.251 e. The summed E-state index contributed by atoms with van der Waals surface area (Å²) in [7, 11) is 1.71. The maximum absolute atomic E-state index is 14.2. The van der Waals surface area contributed by atoms with E-state index in [0.717, 1.165) is 25.7 Å². The van der Waals surface area contributed by atoms with Crippen molar-refractivity contribution in [2.45, 2.75) is 57.2 Å². The summed E-state index contributed by atoms with van der Waals surface area (Å²) in [5, 5.41) is 15.1. The van der Waals surface area contributed by atoms with E-state index in [1.165, 1.54) is 18.6 Å². The summed E-state index contributed by atoms with van der Waals surface area (Å²) in [6.07, 6.45) is 4.95. The third kappa shape index (κ3) is 5.22. The first-order valence-corrected chi connectivity index (χ1v) is 11.4. The first-order valence-electron chi connectivity index (χ1n) is 11.4. The summed E-state index contributed by atoms with van der Waals surface area (Å²) in [5.41, 5.74) is 1.05.